The van der Waals surface area contributed by atoms with E-state index >= 15 is 0 Å². The minimum Gasteiger partial charge on any atom is -0.371 e. The van der Waals surface area contributed by atoms with Crippen LogP contribution in [0.4, 0.5) is 11.4 Å². The fraction of sp³-hybridized carbons (Fsp3) is 0.278. The van der Waals surface area contributed by atoms with Crippen molar-refractivity contribution in [3.8, 4) is 12.5 Å². The summed E-state index contributed by atoms with van der Waals surface area (Å²) in [7, 11) is 0. The maximum Gasteiger partial charge on any atom is 0.0611 e. The molecule has 0 saturated carbocycles. The number of rotatable bonds is 4. The Kier molecular flexibility index (Phi) is 5.72. The van der Waals surface area contributed by atoms with E-state index in [0.29, 0.717) is 5.02 Å². The summed E-state index contributed by atoms with van der Waals surface area (Å²) in [6.07, 6.45) is 8.81. The largest absolute Gasteiger partial charge is 0.371 e. The van der Waals surface area contributed by atoms with Crippen molar-refractivity contribution in [2.24, 2.45) is 4.99 Å². The van der Waals surface area contributed by atoms with Crippen LogP contribution in [-0.2, 0) is 0 Å². The first-order valence-electron chi connectivity index (χ1n) is 7.41. The molecule has 0 atom stereocenters. The van der Waals surface area contributed by atoms with E-state index < -0.39 is 0 Å². The van der Waals surface area contributed by atoms with E-state index in [1.54, 1.807) is 6.20 Å². The number of hydrogen-bond acceptors (Lipinski definition) is 4. The van der Waals surface area contributed by atoms with Crippen molar-refractivity contribution < 1.29 is 0 Å². The fourth-order valence-corrected chi connectivity index (χ4v) is 2.92. The van der Waals surface area contributed by atoms with Crippen molar-refractivity contribution in [1.82, 2.24) is 5.43 Å². The van der Waals surface area contributed by atoms with Gasteiger partial charge in [-0.15, -0.1) is 0 Å². The SMILES string of the molecule is C#CNNc1cc(Cl)cc(N2CCC(=C)/C(=C\N=C)CC2)c1C. The van der Waals surface area contributed by atoms with E-state index in [1.165, 1.54) is 0 Å². The minimum absolute atomic E-state index is 0.665. The molecule has 1 aromatic carbocycles. The van der Waals surface area contributed by atoms with Gasteiger partial charge >= 0.3 is 0 Å². The van der Waals surface area contributed by atoms with Crippen molar-refractivity contribution in [3.63, 3.8) is 0 Å². The molecule has 1 heterocycles. The van der Waals surface area contributed by atoms with Crippen LogP contribution in [0.3, 0.4) is 0 Å². The van der Waals surface area contributed by atoms with E-state index in [4.69, 9.17) is 18.0 Å². The van der Waals surface area contributed by atoms with Gasteiger partial charge in [0.15, 0.2) is 0 Å². The van der Waals surface area contributed by atoms with Crippen LogP contribution in [0.25, 0.3) is 0 Å². The number of benzene rings is 1. The highest BCUT2D eigenvalue weighted by atomic mass is 35.5. The van der Waals surface area contributed by atoms with Crippen LogP contribution in [0.5, 0.6) is 0 Å². The molecule has 4 nitrogen and oxygen atoms in total. The van der Waals surface area contributed by atoms with Crippen LogP contribution in [0.15, 0.2) is 41.1 Å². The smallest absolute Gasteiger partial charge is 0.0611 e. The van der Waals surface area contributed by atoms with Crippen molar-refractivity contribution in [2.75, 3.05) is 23.4 Å². The van der Waals surface area contributed by atoms with Gasteiger partial charge in [-0.25, -0.2) is 0 Å². The minimum atomic E-state index is 0.665. The molecule has 5 heteroatoms. The highest BCUT2D eigenvalue weighted by Gasteiger charge is 2.18. The highest BCUT2D eigenvalue weighted by molar-refractivity contribution is 6.31. The molecule has 0 unspecified atom stereocenters. The van der Waals surface area contributed by atoms with Gasteiger partial charge in [-0.1, -0.05) is 24.6 Å². The monoisotopic (exact) mass is 328 g/mol. The first-order chi connectivity index (χ1) is 11.1. The third-order valence-corrected chi connectivity index (χ3v) is 4.21. The number of aliphatic imine (C=N–C) groups is 1. The molecule has 2 rings (SSSR count). The zero-order valence-corrected chi connectivity index (χ0v) is 14.1. The molecule has 1 aliphatic rings. The van der Waals surface area contributed by atoms with Gasteiger partial charge in [-0.2, -0.15) is 0 Å². The van der Waals surface area contributed by atoms with Crippen LogP contribution < -0.4 is 15.8 Å². The Morgan fingerprint density at radius 1 is 1.39 bits per heavy atom. The quantitative estimate of drug-likeness (QED) is 0.381. The molecule has 2 N–H and O–H groups in total. The summed E-state index contributed by atoms with van der Waals surface area (Å²) in [6.45, 7) is 11.5. The van der Waals surface area contributed by atoms with Crippen LogP contribution in [0.1, 0.15) is 18.4 Å². The Hall–Kier alpha value is -2.38. The lowest BCUT2D eigenvalue weighted by atomic mass is 10.0. The molecular weight excluding hydrogens is 308 g/mol. The molecule has 0 radical (unpaired) electrons. The second-order valence-corrected chi connectivity index (χ2v) is 5.86. The average molecular weight is 329 g/mol. The van der Waals surface area contributed by atoms with E-state index in [-0.39, 0.29) is 0 Å². The molecule has 1 aromatic rings. The van der Waals surface area contributed by atoms with Gasteiger partial charge in [-0.05, 0) is 55.3 Å². The summed E-state index contributed by atoms with van der Waals surface area (Å²) in [5.41, 5.74) is 11.0. The summed E-state index contributed by atoms with van der Waals surface area (Å²) >= 11 is 6.27. The topological polar surface area (TPSA) is 39.7 Å². The maximum absolute atomic E-state index is 6.27. The number of nitrogens with zero attached hydrogens (tertiary/aromatic N) is 2. The number of nitrogens with one attached hydrogen (secondary N) is 2. The second kappa shape index (κ2) is 7.75. The standard InChI is InChI=1S/C18H21ClN4/c1-5-21-22-17-10-16(19)11-18(14(17)3)23-8-6-13(2)15(7-9-23)12-20-4/h1,10-12,21-22H,2,4,6-9H2,3H3/b15-12-. The van der Waals surface area contributed by atoms with Gasteiger partial charge in [0, 0.05) is 36.0 Å². The molecule has 0 spiro atoms. The molecule has 0 aromatic heterocycles. The molecular formula is C18H21ClN4. The summed E-state index contributed by atoms with van der Waals surface area (Å²) in [6, 6.07) is 6.19. The van der Waals surface area contributed by atoms with Crippen molar-refractivity contribution in [2.45, 2.75) is 19.8 Å². The van der Waals surface area contributed by atoms with Gasteiger partial charge in [-0.3, -0.25) is 15.8 Å². The van der Waals surface area contributed by atoms with Gasteiger partial charge in [0.2, 0.25) is 0 Å². The maximum atomic E-state index is 6.27. The Labute approximate surface area is 142 Å². The van der Waals surface area contributed by atoms with Crippen LogP contribution in [0, 0.1) is 19.4 Å². The Bertz CT molecular complexity index is 685. The fourth-order valence-electron chi connectivity index (χ4n) is 2.71. The van der Waals surface area contributed by atoms with Crippen molar-refractivity contribution in [1.29, 1.82) is 0 Å². The number of hydrogen-bond donors (Lipinski definition) is 2. The number of halogens is 1. The number of hydrazine groups is 1. The Morgan fingerprint density at radius 2 is 2.13 bits per heavy atom. The van der Waals surface area contributed by atoms with Gasteiger partial charge in [0.05, 0.1) is 5.69 Å². The Morgan fingerprint density at radius 3 is 2.83 bits per heavy atom. The average Bonchev–Trinajstić information content (AvgIpc) is 2.71. The second-order valence-electron chi connectivity index (χ2n) is 5.42. The van der Waals surface area contributed by atoms with Gasteiger partial charge < -0.3 is 4.90 Å². The Balaban J connectivity index is 2.29. The summed E-state index contributed by atoms with van der Waals surface area (Å²) in [5, 5.41) is 0.665. The van der Waals surface area contributed by atoms with Crippen LogP contribution in [0.2, 0.25) is 5.02 Å². The normalized spacial score (nSPS) is 16.7. The van der Waals surface area contributed by atoms with E-state index in [2.05, 4.69) is 40.1 Å². The molecule has 1 fully saturated rings. The number of terminal acetylenes is 1. The van der Waals surface area contributed by atoms with Crippen LogP contribution >= 0.6 is 11.6 Å². The third-order valence-electron chi connectivity index (χ3n) is 3.99. The lowest BCUT2D eigenvalue weighted by Gasteiger charge is -2.26. The summed E-state index contributed by atoms with van der Waals surface area (Å²) in [5.74, 6) is 0. The molecule has 0 bridgehead atoms. The number of anilines is 2. The van der Waals surface area contributed by atoms with E-state index in [1.807, 2.05) is 19.1 Å². The van der Waals surface area contributed by atoms with Crippen molar-refractivity contribution in [3.05, 3.63) is 46.6 Å². The predicted molar refractivity (Wildman–Crippen MR) is 100.0 cm³/mol. The molecule has 0 amide bonds. The molecule has 23 heavy (non-hydrogen) atoms. The van der Waals surface area contributed by atoms with E-state index in [9.17, 15) is 0 Å². The zero-order valence-electron chi connectivity index (χ0n) is 13.3. The van der Waals surface area contributed by atoms with E-state index in [0.717, 1.165) is 54.0 Å². The first-order valence-corrected chi connectivity index (χ1v) is 7.79. The molecule has 120 valence electrons. The summed E-state index contributed by atoms with van der Waals surface area (Å²) in [4.78, 5) is 6.20. The predicted octanol–water partition coefficient (Wildman–Crippen LogP) is 3.90. The first kappa shape index (κ1) is 17.0. The van der Waals surface area contributed by atoms with Crippen LogP contribution in [-0.4, -0.2) is 19.8 Å². The zero-order chi connectivity index (χ0) is 16.8. The lowest BCUT2D eigenvalue weighted by molar-refractivity contribution is 0.810. The molecule has 0 aliphatic carbocycles. The highest BCUT2D eigenvalue weighted by Crippen LogP contribution is 2.33. The molecule has 1 saturated heterocycles. The molecule has 1 aliphatic heterocycles. The van der Waals surface area contributed by atoms with Gasteiger partial charge in [0.25, 0.3) is 0 Å². The van der Waals surface area contributed by atoms with Crippen molar-refractivity contribution >= 4 is 29.7 Å². The lowest BCUT2D eigenvalue weighted by Crippen LogP contribution is -2.25. The third kappa shape index (κ3) is 4.08. The summed E-state index contributed by atoms with van der Waals surface area (Å²) < 4.78 is 0. The van der Waals surface area contributed by atoms with Gasteiger partial charge in [0.1, 0.15) is 0 Å².